The first-order valence-corrected chi connectivity index (χ1v) is 5.42. The van der Waals surface area contributed by atoms with Crippen LogP contribution < -0.4 is 11.3 Å². The van der Waals surface area contributed by atoms with Crippen molar-refractivity contribution in [3.63, 3.8) is 0 Å². The van der Waals surface area contributed by atoms with Gasteiger partial charge in [-0.1, -0.05) is 0 Å². The smallest absolute Gasteiger partial charge is 0.146 e. The normalized spacial score (nSPS) is 12.6. The standard InChI is InChI=1S/C11H16N6/c1-8-6-13-11(14-7-8)10(15-12)5-9-3-4-17(2)16-9/h3-4,6-7,10,15H,5,12H2,1-2H3. The van der Waals surface area contributed by atoms with Gasteiger partial charge in [0.25, 0.3) is 0 Å². The Kier molecular flexibility index (Phi) is 3.46. The highest BCUT2D eigenvalue weighted by Crippen LogP contribution is 2.12. The highest BCUT2D eigenvalue weighted by molar-refractivity contribution is 5.08. The first kappa shape index (κ1) is 11.7. The molecule has 17 heavy (non-hydrogen) atoms. The van der Waals surface area contributed by atoms with Gasteiger partial charge in [-0.25, -0.2) is 15.4 Å². The molecule has 6 heteroatoms. The monoisotopic (exact) mass is 232 g/mol. The number of hydrazine groups is 1. The Labute approximate surface area is 99.9 Å². The molecular formula is C11H16N6. The van der Waals surface area contributed by atoms with E-state index in [2.05, 4.69) is 20.5 Å². The van der Waals surface area contributed by atoms with E-state index in [4.69, 9.17) is 5.84 Å². The lowest BCUT2D eigenvalue weighted by Gasteiger charge is -2.12. The highest BCUT2D eigenvalue weighted by Gasteiger charge is 2.14. The van der Waals surface area contributed by atoms with E-state index >= 15 is 0 Å². The summed E-state index contributed by atoms with van der Waals surface area (Å²) < 4.78 is 1.76. The summed E-state index contributed by atoms with van der Waals surface area (Å²) in [7, 11) is 1.89. The molecule has 0 saturated heterocycles. The van der Waals surface area contributed by atoms with Gasteiger partial charge < -0.3 is 0 Å². The van der Waals surface area contributed by atoms with Gasteiger partial charge in [-0.05, 0) is 18.6 Å². The fourth-order valence-corrected chi connectivity index (χ4v) is 1.59. The molecule has 0 aromatic carbocycles. The average molecular weight is 232 g/mol. The molecule has 6 nitrogen and oxygen atoms in total. The largest absolute Gasteiger partial charge is 0.276 e. The zero-order chi connectivity index (χ0) is 12.3. The molecule has 0 saturated carbocycles. The van der Waals surface area contributed by atoms with Gasteiger partial charge in [-0.2, -0.15) is 5.10 Å². The topological polar surface area (TPSA) is 81.7 Å². The Hall–Kier alpha value is -1.79. The summed E-state index contributed by atoms with van der Waals surface area (Å²) in [6, 6.07) is 1.84. The summed E-state index contributed by atoms with van der Waals surface area (Å²) in [6.45, 7) is 1.95. The van der Waals surface area contributed by atoms with Crippen molar-refractivity contribution >= 4 is 0 Å². The molecule has 0 aliphatic heterocycles. The number of hydrogen-bond acceptors (Lipinski definition) is 5. The van der Waals surface area contributed by atoms with E-state index in [0.29, 0.717) is 12.2 Å². The quantitative estimate of drug-likeness (QED) is 0.584. The third-order valence-corrected chi connectivity index (χ3v) is 2.50. The van der Waals surface area contributed by atoms with Crippen LogP contribution in [0.5, 0.6) is 0 Å². The van der Waals surface area contributed by atoms with Gasteiger partial charge >= 0.3 is 0 Å². The maximum absolute atomic E-state index is 5.53. The van der Waals surface area contributed by atoms with Gasteiger partial charge in [-0.3, -0.25) is 10.5 Å². The maximum Gasteiger partial charge on any atom is 0.146 e. The molecule has 0 fully saturated rings. The number of hydrogen-bond donors (Lipinski definition) is 2. The fraction of sp³-hybridized carbons (Fsp3) is 0.364. The summed E-state index contributed by atoms with van der Waals surface area (Å²) in [5.74, 6) is 6.22. The van der Waals surface area contributed by atoms with Crippen LogP contribution in [0.4, 0.5) is 0 Å². The third kappa shape index (κ3) is 2.86. The summed E-state index contributed by atoms with van der Waals surface area (Å²) in [5.41, 5.74) is 4.71. The predicted molar refractivity (Wildman–Crippen MR) is 63.7 cm³/mol. The number of nitrogens with two attached hydrogens (primary N) is 1. The summed E-state index contributed by atoms with van der Waals surface area (Å²) in [5, 5.41) is 4.31. The van der Waals surface area contributed by atoms with E-state index in [1.54, 1.807) is 17.1 Å². The number of aryl methyl sites for hydroxylation is 2. The maximum atomic E-state index is 5.53. The molecule has 90 valence electrons. The zero-order valence-corrected chi connectivity index (χ0v) is 9.96. The van der Waals surface area contributed by atoms with Crippen molar-refractivity contribution < 1.29 is 0 Å². The second-order valence-electron chi connectivity index (χ2n) is 4.02. The molecule has 2 aromatic heterocycles. The van der Waals surface area contributed by atoms with Crippen LogP contribution in [-0.4, -0.2) is 19.7 Å². The molecular weight excluding hydrogens is 216 g/mol. The highest BCUT2D eigenvalue weighted by atomic mass is 15.3. The molecule has 0 spiro atoms. The van der Waals surface area contributed by atoms with Crippen LogP contribution in [0.25, 0.3) is 0 Å². The van der Waals surface area contributed by atoms with Crippen LogP contribution in [0.3, 0.4) is 0 Å². The van der Waals surface area contributed by atoms with Gasteiger partial charge in [0.15, 0.2) is 0 Å². The minimum atomic E-state index is -0.120. The lowest BCUT2D eigenvalue weighted by Crippen LogP contribution is -2.31. The predicted octanol–water partition coefficient (Wildman–Crippen LogP) is 0.266. The van der Waals surface area contributed by atoms with Crippen LogP contribution in [0.2, 0.25) is 0 Å². The van der Waals surface area contributed by atoms with Gasteiger partial charge in [0.1, 0.15) is 5.82 Å². The molecule has 0 bridgehead atoms. The Morgan fingerprint density at radius 2 is 2.12 bits per heavy atom. The second kappa shape index (κ2) is 5.03. The van der Waals surface area contributed by atoms with Crippen molar-refractivity contribution in [1.29, 1.82) is 0 Å². The molecule has 2 rings (SSSR count). The minimum Gasteiger partial charge on any atom is -0.276 e. The third-order valence-electron chi connectivity index (χ3n) is 2.50. The van der Waals surface area contributed by atoms with E-state index in [1.807, 2.05) is 26.2 Å². The Bertz CT molecular complexity index is 475. The van der Waals surface area contributed by atoms with Gasteiger partial charge in [0.05, 0.1) is 11.7 Å². The lowest BCUT2D eigenvalue weighted by molar-refractivity contribution is 0.513. The molecule has 0 aliphatic carbocycles. The summed E-state index contributed by atoms with van der Waals surface area (Å²) in [6.07, 6.45) is 6.13. The molecule has 1 unspecified atom stereocenters. The van der Waals surface area contributed by atoms with E-state index < -0.39 is 0 Å². The fourth-order valence-electron chi connectivity index (χ4n) is 1.59. The molecule has 3 N–H and O–H groups in total. The van der Waals surface area contributed by atoms with Gasteiger partial charge in [0.2, 0.25) is 0 Å². The van der Waals surface area contributed by atoms with E-state index in [0.717, 1.165) is 11.3 Å². The van der Waals surface area contributed by atoms with Crippen molar-refractivity contribution in [2.45, 2.75) is 19.4 Å². The van der Waals surface area contributed by atoms with E-state index in [1.165, 1.54) is 0 Å². The van der Waals surface area contributed by atoms with Crippen molar-refractivity contribution in [3.05, 3.63) is 41.7 Å². The molecule has 0 radical (unpaired) electrons. The van der Waals surface area contributed by atoms with Gasteiger partial charge in [-0.15, -0.1) is 0 Å². The van der Waals surface area contributed by atoms with Crippen molar-refractivity contribution in [1.82, 2.24) is 25.2 Å². The first-order chi connectivity index (χ1) is 8.19. The first-order valence-electron chi connectivity index (χ1n) is 5.42. The zero-order valence-electron chi connectivity index (χ0n) is 9.96. The summed E-state index contributed by atoms with van der Waals surface area (Å²) >= 11 is 0. The van der Waals surface area contributed by atoms with E-state index in [9.17, 15) is 0 Å². The number of nitrogens with zero attached hydrogens (tertiary/aromatic N) is 4. The lowest BCUT2D eigenvalue weighted by atomic mass is 10.1. The van der Waals surface area contributed by atoms with Crippen LogP contribution in [0, 0.1) is 6.92 Å². The van der Waals surface area contributed by atoms with Crippen LogP contribution in [0.1, 0.15) is 23.1 Å². The minimum absolute atomic E-state index is 0.120. The number of nitrogens with one attached hydrogen (secondary N) is 1. The van der Waals surface area contributed by atoms with Crippen molar-refractivity contribution in [2.24, 2.45) is 12.9 Å². The number of rotatable bonds is 4. The summed E-state index contributed by atoms with van der Waals surface area (Å²) in [4.78, 5) is 8.53. The van der Waals surface area contributed by atoms with Crippen LogP contribution >= 0.6 is 0 Å². The Balaban J connectivity index is 2.13. The average Bonchev–Trinajstić information content (AvgIpc) is 2.73. The SMILES string of the molecule is Cc1cnc(C(Cc2ccn(C)n2)NN)nc1. The molecule has 2 aromatic rings. The van der Waals surface area contributed by atoms with Crippen LogP contribution in [0.15, 0.2) is 24.7 Å². The van der Waals surface area contributed by atoms with Crippen molar-refractivity contribution in [2.75, 3.05) is 0 Å². The molecule has 0 aliphatic rings. The van der Waals surface area contributed by atoms with Crippen molar-refractivity contribution in [3.8, 4) is 0 Å². The van der Waals surface area contributed by atoms with Crippen LogP contribution in [-0.2, 0) is 13.5 Å². The van der Waals surface area contributed by atoms with E-state index in [-0.39, 0.29) is 6.04 Å². The Morgan fingerprint density at radius 1 is 1.41 bits per heavy atom. The Morgan fingerprint density at radius 3 is 2.65 bits per heavy atom. The molecule has 1 atom stereocenters. The molecule has 0 amide bonds. The van der Waals surface area contributed by atoms with Gasteiger partial charge in [0, 0.05) is 32.1 Å². The number of aromatic nitrogens is 4. The molecule has 2 heterocycles. The second-order valence-corrected chi connectivity index (χ2v) is 4.02.